The van der Waals surface area contributed by atoms with Crippen molar-refractivity contribution in [1.82, 2.24) is 0 Å². The van der Waals surface area contributed by atoms with E-state index in [-0.39, 0.29) is 23.5 Å². The monoisotopic (exact) mass is 403 g/mol. The Morgan fingerprint density at radius 3 is 2.45 bits per heavy atom. The van der Waals surface area contributed by atoms with Gasteiger partial charge >= 0.3 is 17.9 Å². The summed E-state index contributed by atoms with van der Waals surface area (Å²) in [6.45, 7) is 1.07. The van der Waals surface area contributed by atoms with Gasteiger partial charge < -0.3 is 20.7 Å². The summed E-state index contributed by atoms with van der Waals surface area (Å²) in [5, 5.41) is 18.7. The third-order valence-electron chi connectivity index (χ3n) is 2.61. The summed E-state index contributed by atoms with van der Waals surface area (Å²) in [5.74, 6) is -8.43. The number of benzene rings is 1. The lowest BCUT2D eigenvalue weighted by Crippen LogP contribution is -2.41. The van der Waals surface area contributed by atoms with Crippen LogP contribution in [0.5, 0.6) is 5.75 Å². The molecule has 1 aromatic carbocycles. The van der Waals surface area contributed by atoms with E-state index in [1.165, 1.54) is 6.92 Å². The molecule has 0 spiro atoms. The number of aromatic carboxylic acids is 1. The third-order valence-corrected chi connectivity index (χ3v) is 3.07. The number of carboxylic acid groups (broad SMARTS) is 1. The van der Waals surface area contributed by atoms with Gasteiger partial charge in [-0.05, 0) is 19.1 Å². The number of aromatic hydroxyl groups is 1. The molecule has 4 N–H and O–H groups in total. The highest BCUT2D eigenvalue weighted by molar-refractivity contribution is 9.10. The Morgan fingerprint density at radius 2 is 2.00 bits per heavy atom. The summed E-state index contributed by atoms with van der Waals surface area (Å²) in [6, 6.07) is -0.220. The number of carbonyl (C=O) groups is 2. The number of rotatable bonds is 5. The molecule has 0 saturated carbocycles. The molecule has 0 heterocycles. The third kappa shape index (κ3) is 4.05. The average Bonchev–Trinajstić information content (AvgIpc) is 2.40. The second-order valence-electron chi connectivity index (χ2n) is 4.02. The minimum absolute atomic E-state index is 0. The molecule has 0 aliphatic carbocycles. The number of halogens is 4. The first-order valence-corrected chi connectivity index (χ1v) is 6.48. The van der Waals surface area contributed by atoms with Gasteiger partial charge in [0.2, 0.25) is 0 Å². The summed E-state index contributed by atoms with van der Waals surface area (Å²) in [5.41, 5.74) is 4.12. The predicted molar refractivity (Wildman–Crippen MR) is 78.5 cm³/mol. The van der Waals surface area contributed by atoms with Crippen LogP contribution in [0.1, 0.15) is 28.9 Å². The molecule has 22 heavy (non-hydrogen) atoms. The van der Waals surface area contributed by atoms with Crippen LogP contribution in [0.4, 0.5) is 8.78 Å². The minimum atomic E-state index is -4.12. The Hall–Kier alpha value is -1.45. The maximum Gasteiger partial charge on any atom is 0.379 e. The molecule has 0 bridgehead atoms. The first-order valence-electron chi connectivity index (χ1n) is 5.69. The van der Waals surface area contributed by atoms with Crippen LogP contribution >= 0.6 is 28.3 Å². The molecule has 0 aliphatic rings. The van der Waals surface area contributed by atoms with E-state index in [1.54, 1.807) is 0 Å². The highest BCUT2D eigenvalue weighted by Crippen LogP contribution is 2.38. The van der Waals surface area contributed by atoms with E-state index in [0.717, 1.165) is 12.1 Å². The van der Waals surface area contributed by atoms with E-state index in [2.05, 4.69) is 20.7 Å². The predicted octanol–water partition coefficient (Wildman–Crippen LogP) is 2.47. The lowest BCUT2D eigenvalue weighted by atomic mass is 9.98. The molecule has 10 heteroatoms. The van der Waals surface area contributed by atoms with Crippen molar-refractivity contribution in [1.29, 1.82) is 0 Å². The van der Waals surface area contributed by atoms with Crippen LogP contribution in [-0.4, -0.2) is 34.7 Å². The first-order chi connectivity index (χ1) is 9.62. The number of alkyl halides is 2. The van der Waals surface area contributed by atoms with Crippen LogP contribution in [0.25, 0.3) is 0 Å². The molecule has 1 atom stereocenters. The average molecular weight is 405 g/mol. The van der Waals surface area contributed by atoms with Crippen molar-refractivity contribution in [3.8, 4) is 5.75 Å². The molecule has 0 radical (unpaired) electrons. The number of carbonyl (C=O) groups excluding carboxylic acids is 1. The van der Waals surface area contributed by atoms with Gasteiger partial charge in [0.15, 0.2) is 0 Å². The molecule has 124 valence electrons. The van der Waals surface area contributed by atoms with E-state index in [0.29, 0.717) is 0 Å². The molecule has 0 amide bonds. The first kappa shape index (κ1) is 20.6. The van der Waals surface area contributed by atoms with Crippen LogP contribution in [0.15, 0.2) is 16.6 Å². The van der Waals surface area contributed by atoms with Crippen LogP contribution in [0.3, 0.4) is 0 Å². The van der Waals surface area contributed by atoms with E-state index in [9.17, 15) is 23.5 Å². The van der Waals surface area contributed by atoms with Gasteiger partial charge in [0.05, 0.1) is 6.61 Å². The molecule has 1 rings (SSSR count). The van der Waals surface area contributed by atoms with Crippen molar-refractivity contribution in [2.75, 3.05) is 6.61 Å². The van der Waals surface area contributed by atoms with Crippen molar-refractivity contribution in [3.63, 3.8) is 0 Å². The number of carboxylic acids is 1. The van der Waals surface area contributed by atoms with Gasteiger partial charge in [-0.3, -0.25) is 0 Å². The summed E-state index contributed by atoms with van der Waals surface area (Å²) >= 11 is 2.93. The lowest BCUT2D eigenvalue weighted by Gasteiger charge is -2.23. The second-order valence-corrected chi connectivity index (χ2v) is 4.93. The van der Waals surface area contributed by atoms with Gasteiger partial charge in [-0.25, -0.2) is 9.59 Å². The topological polar surface area (TPSA) is 110 Å². The smallest absolute Gasteiger partial charge is 0.379 e. The number of phenols is 1. The molecule has 0 saturated heterocycles. The zero-order valence-corrected chi connectivity index (χ0v) is 13.6. The van der Waals surface area contributed by atoms with Crippen LogP contribution in [0, 0.1) is 0 Å². The van der Waals surface area contributed by atoms with Crippen LogP contribution < -0.4 is 5.73 Å². The number of ether oxygens (including phenoxy) is 1. The van der Waals surface area contributed by atoms with Crippen molar-refractivity contribution in [2.24, 2.45) is 5.73 Å². The largest absolute Gasteiger partial charge is 0.507 e. The fourth-order valence-electron chi connectivity index (χ4n) is 1.57. The summed E-state index contributed by atoms with van der Waals surface area (Å²) in [7, 11) is 0. The Bertz CT molecular complexity index is 585. The zero-order valence-electron chi connectivity index (χ0n) is 11.2. The Kier molecular flexibility index (Phi) is 7.20. The van der Waals surface area contributed by atoms with Crippen molar-refractivity contribution in [3.05, 3.63) is 27.7 Å². The Balaban J connectivity index is 0.00000441. The number of hydrogen-bond acceptors (Lipinski definition) is 5. The summed E-state index contributed by atoms with van der Waals surface area (Å²) in [4.78, 5) is 22.2. The van der Waals surface area contributed by atoms with E-state index < -0.39 is 40.8 Å². The van der Waals surface area contributed by atoms with Gasteiger partial charge in [0.1, 0.15) is 17.4 Å². The molecular formula is C12H13BrClF2NO5. The highest BCUT2D eigenvalue weighted by atomic mass is 79.9. The van der Waals surface area contributed by atoms with Crippen molar-refractivity contribution >= 4 is 40.3 Å². The van der Waals surface area contributed by atoms with E-state index >= 15 is 0 Å². The van der Waals surface area contributed by atoms with Crippen LogP contribution in [0.2, 0.25) is 0 Å². The van der Waals surface area contributed by atoms with Crippen LogP contribution in [-0.2, 0) is 9.53 Å². The Labute approximate surface area is 138 Å². The molecular weight excluding hydrogens is 391 g/mol. The molecule has 0 aromatic heterocycles. The lowest BCUT2D eigenvalue weighted by molar-refractivity contribution is -0.174. The van der Waals surface area contributed by atoms with Gasteiger partial charge in [0, 0.05) is 10.0 Å². The highest BCUT2D eigenvalue weighted by Gasteiger charge is 2.49. The zero-order chi connectivity index (χ0) is 16.4. The molecule has 0 fully saturated rings. The van der Waals surface area contributed by atoms with Crippen molar-refractivity contribution < 1.29 is 33.3 Å². The standard InChI is InChI=1S/C12H12BrF2NO5.ClH/c1-2-21-11(20)12(14,15)9(16)6-3-5(13)4-7(8(6)17)10(18)19;/h3-4,9,17H,2,16H2,1H3,(H,18,19);1H/t9-;/m1./s1. The molecule has 1 aromatic rings. The number of hydrogen-bond donors (Lipinski definition) is 3. The van der Waals surface area contributed by atoms with Crippen molar-refractivity contribution in [2.45, 2.75) is 18.9 Å². The van der Waals surface area contributed by atoms with Gasteiger partial charge in [-0.1, -0.05) is 15.9 Å². The van der Waals surface area contributed by atoms with E-state index in [1.807, 2.05) is 0 Å². The fraction of sp³-hybridized carbons (Fsp3) is 0.333. The summed E-state index contributed by atoms with van der Waals surface area (Å²) in [6.07, 6.45) is 0. The quantitative estimate of drug-likeness (QED) is 0.650. The minimum Gasteiger partial charge on any atom is -0.507 e. The SMILES string of the molecule is CCOC(=O)C(F)(F)[C@H](N)c1cc(Br)cc(C(=O)O)c1O.Cl. The van der Waals surface area contributed by atoms with Gasteiger partial charge in [-0.2, -0.15) is 8.78 Å². The molecule has 0 unspecified atom stereocenters. The maximum atomic E-state index is 13.9. The molecule has 6 nitrogen and oxygen atoms in total. The Morgan fingerprint density at radius 1 is 1.45 bits per heavy atom. The number of esters is 1. The van der Waals surface area contributed by atoms with Gasteiger partial charge in [-0.15, -0.1) is 12.4 Å². The van der Waals surface area contributed by atoms with Gasteiger partial charge in [0.25, 0.3) is 0 Å². The fourth-order valence-corrected chi connectivity index (χ4v) is 2.05. The maximum absolute atomic E-state index is 13.9. The number of nitrogens with two attached hydrogens (primary N) is 1. The molecule has 0 aliphatic heterocycles. The second kappa shape index (κ2) is 7.70. The normalized spacial score (nSPS) is 12.2. The van der Waals surface area contributed by atoms with E-state index in [4.69, 9.17) is 10.8 Å². The summed E-state index contributed by atoms with van der Waals surface area (Å²) < 4.78 is 32.0.